The normalized spacial score (nSPS) is 18.7. The Morgan fingerprint density at radius 2 is 1.43 bits per heavy atom. The van der Waals surface area contributed by atoms with Gasteiger partial charge in [0.1, 0.15) is 0 Å². The van der Waals surface area contributed by atoms with Crippen molar-refractivity contribution in [2.24, 2.45) is 0 Å². The van der Waals surface area contributed by atoms with Gasteiger partial charge in [-0.1, -0.05) is 80.7 Å². The molecule has 0 heterocycles. The summed E-state index contributed by atoms with van der Waals surface area (Å²) < 4.78 is 0. The van der Waals surface area contributed by atoms with Crippen molar-refractivity contribution < 1.29 is 17.1 Å². The molecule has 0 N–H and O–H groups in total. The van der Waals surface area contributed by atoms with Gasteiger partial charge in [-0.2, -0.15) is 23.7 Å². The fourth-order valence-corrected chi connectivity index (χ4v) is 3.21. The number of halogens is 1. The smallest absolute Gasteiger partial charge is 2.00 e. The Morgan fingerprint density at radius 1 is 0.957 bits per heavy atom. The third-order valence-corrected chi connectivity index (χ3v) is 4.53. The first-order valence-electron chi connectivity index (χ1n) is 8.90. The molecule has 23 heavy (non-hydrogen) atoms. The van der Waals surface area contributed by atoms with Crippen molar-refractivity contribution in [3.63, 3.8) is 0 Å². The van der Waals surface area contributed by atoms with Gasteiger partial charge in [0.15, 0.2) is 0 Å². The van der Waals surface area contributed by atoms with Crippen LogP contribution in [0.1, 0.15) is 51.4 Å². The Bertz CT molecular complexity index is 355. The van der Waals surface area contributed by atoms with Crippen LogP contribution in [0.2, 0.25) is 20.6 Å². The standard InChI is InChI=1S/C11H13BCl.C5H10.3CH3.Fe.Sn/c13-12(11-8-4-5-9-11)10-6-2-1-3-7-10;1-2-4-5-3-1;;;;;/h1-3,6-8,11H,4-5,9H2;1-5H2;3*1H3;;/q-1;;;;;+2;+1. The van der Waals surface area contributed by atoms with E-state index in [2.05, 4.69) is 45.5 Å². The van der Waals surface area contributed by atoms with Crippen LogP contribution in [0.5, 0.6) is 0 Å². The summed E-state index contributed by atoms with van der Waals surface area (Å²) in [6.45, 7) is 0. The van der Waals surface area contributed by atoms with Gasteiger partial charge in [0.05, 0.1) is 0 Å². The molecule has 0 saturated heterocycles. The summed E-state index contributed by atoms with van der Waals surface area (Å²) in [5, 5.41) is 0. The Kier molecular flexibility index (Phi) is 15.8. The van der Waals surface area contributed by atoms with E-state index in [1.807, 2.05) is 6.07 Å². The van der Waals surface area contributed by atoms with Crippen molar-refractivity contribution in [3.8, 4) is 0 Å². The molecule has 0 radical (unpaired) electrons. The van der Waals surface area contributed by atoms with Crippen LogP contribution < -0.4 is 5.46 Å². The molecule has 2 fully saturated rings. The molecule has 2 aliphatic carbocycles. The van der Waals surface area contributed by atoms with Gasteiger partial charge in [-0.05, 0) is 0 Å². The Morgan fingerprint density at radius 3 is 1.83 bits per heavy atom. The molecule has 0 bridgehead atoms. The van der Waals surface area contributed by atoms with E-state index in [1.54, 1.807) is 0 Å². The second-order valence-corrected chi connectivity index (χ2v) is 15.9. The van der Waals surface area contributed by atoms with Crippen LogP contribution in [0.4, 0.5) is 0 Å². The third kappa shape index (κ3) is 12.0. The number of hydrogen-bond acceptors (Lipinski definition) is 0. The van der Waals surface area contributed by atoms with Crippen LogP contribution in [-0.2, 0) is 17.1 Å². The van der Waals surface area contributed by atoms with Crippen LogP contribution in [-0.4, -0.2) is 25.9 Å². The molecule has 0 spiro atoms. The first-order valence-corrected chi connectivity index (χ1v) is 17.9. The number of hydrogen-bond donors (Lipinski definition) is 0. The van der Waals surface area contributed by atoms with Crippen molar-refractivity contribution >= 4 is 42.8 Å². The zero-order valence-electron chi connectivity index (χ0n) is 15.0. The molecular weight excluding hydrogens is 449 g/mol. The fourth-order valence-electron chi connectivity index (χ4n) is 2.84. The second-order valence-electron chi connectivity index (χ2n) is 6.91. The van der Waals surface area contributed by atoms with Crippen molar-refractivity contribution in [1.82, 2.24) is 0 Å². The van der Waals surface area contributed by atoms with Gasteiger partial charge in [0, 0.05) is 0 Å². The first-order chi connectivity index (χ1) is 10.6. The molecule has 2 saturated carbocycles. The van der Waals surface area contributed by atoms with Gasteiger partial charge in [0.2, 0.25) is 0 Å². The van der Waals surface area contributed by atoms with E-state index in [1.165, 1.54) is 56.8 Å². The minimum Gasteiger partial charge on any atom is 2.00 e. The zero-order valence-corrected chi connectivity index (χ0v) is 19.7. The van der Waals surface area contributed by atoms with Crippen molar-refractivity contribution in [2.75, 3.05) is 0 Å². The molecule has 1 aromatic carbocycles. The van der Waals surface area contributed by atoms with Crippen LogP contribution in [0.15, 0.2) is 30.3 Å². The fraction of sp³-hybridized carbons (Fsp3) is 0.632. The van der Waals surface area contributed by atoms with Crippen molar-refractivity contribution in [1.29, 1.82) is 0 Å². The van der Waals surface area contributed by atoms with Crippen LogP contribution in [0.3, 0.4) is 0 Å². The summed E-state index contributed by atoms with van der Waals surface area (Å²) in [6.07, 6.45) is 13.8. The van der Waals surface area contributed by atoms with Crippen LogP contribution in [0, 0.1) is 6.42 Å². The molecule has 0 aliphatic heterocycles. The van der Waals surface area contributed by atoms with E-state index in [0.29, 0.717) is 5.82 Å². The second kappa shape index (κ2) is 15.2. The summed E-state index contributed by atoms with van der Waals surface area (Å²) in [5.41, 5.74) is 1.26. The van der Waals surface area contributed by atoms with Gasteiger partial charge in [-0.3, -0.25) is 0 Å². The van der Waals surface area contributed by atoms with Gasteiger partial charge >= 0.3 is 51.6 Å². The van der Waals surface area contributed by atoms with E-state index in [9.17, 15) is 0 Å². The van der Waals surface area contributed by atoms with Crippen molar-refractivity contribution in [3.05, 3.63) is 36.8 Å². The summed E-state index contributed by atoms with van der Waals surface area (Å²) in [5.74, 6) is 0.587. The SMILES string of the molecule is C1CCCC1.ClB(c1ccccc1)C1[CH-]CCC1.[CH3][Sn+]([CH3])[CH3].[Fe+2]. The quantitative estimate of drug-likeness (QED) is 0.349. The third-order valence-electron chi connectivity index (χ3n) is 3.95. The molecule has 0 nitrogen and oxygen atoms in total. The molecular formula is C19H32BClFeSn+2. The Balaban J connectivity index is 0.000000404. The van der Waals surface area contributed by atoms with Gasteiger partial charge in [-0.25, -0.2) is 0 Å². The molecule has 1 unspecified atom stereocenters. The number of rotatable bonds is 2. The van der Waals surface area contributed by atoms with Gasteiger partial charge in [-0.15, -0.1) is 0 Å². The van der Waals surface area contributed by atoms with E-state index >= 15 is 0 Å². The molecule has 4 heteroatoms. The summed E-state index contributed by atoms with van der Waals surface area (Å²) in [7, 11) is 0. The first kappa shape index (κ1) is 23.9. The number of benzene rings is 1. The van der Waals surface area contributed by atoms with Gasteiger partial charge < -0.3 is 6.42 Å². The largest absolute Gasteiger partial charge is 2.00 e. The minimum absolute atomic E-state index is 0. The average Bonchev–Trinajstić information content (AvgIpc) is 3.22. The monoisotopic (exact) mass is 482 g/mol. The summed E-state index contributed by atoms with van der Waals surface area (Å²) in [6, 6.07) is 10.4. The van der Waals surface area contributed by atoms with Gasteiger partial charge in [0.25, 0.3) is 6.13 Å². The maximum Gasteiger partial charge on any atom is 2.00 e. The minimum atomic E-state index is -0.543. The molecule has 1 aromatic rings. The molecule has 2 aliphatic rings. The predicted molar refractivity (Wildman–Crippen MR) is 106 cm³/mol. The molecule has 1 atom stereocenters. The Labute approximate surface area is 167 Å². The maximum atomic E-state index is 6.38. The van der Waals surface area contributed by atoms with E-state index in [0.717, 1.165) is 0 Å². The molecule has 0 amide bonds. The molecule has 128 valence electrons. The van der Waals surface area contributed by atoms with E-state index in [4.69, 9.17) is 11.5 Å². The maximum absolute atomic E-state index is 6.38. The molecule has 0 aromatic heterocycles. The van der Waals surface area contributed by atoms with E-state index < -0.39 is 19.8 Å². The zero-order chi connectivity index (χ0) is 16.2. The summed E-state index contributed by atoms with van der Waals surface area (Å²) in [4.78, 5) is 7.09. The van der Waals surface area contributed by atoms with E-state index in [-0.39, 0.29) is 23.2 Å². The average molecular weight is 481 g/mol. The van der Waals surface area contributed by atoms with Crippen molar-refractivity contribution in [2.45, 2.75) is 72.0 Å². The Hall–Kier alpha value is 0.893. The predicted octanol–water partition coefficient (Wildman–Crippen LogP) is 6.20. The summed E-state index contributed by atoms with van der Waals surface area (Å²) >= 11 is 5.84. The van der Waals surface area contributed by atoms with Crippen LogP contribution >= 0.6 is 11.5 Å². The topological polar surface area (TPSA) is 0 Å². The van der Waals surface area contributed by atoms with Crippen LogP contribution in [0.25, 0.3) is 0 Å². The molecule has 3 rings (SSSR count).